The van der Waals surface area contributed by atoms with Crippen LogP contribution in [0.15, 0.2) is 66.9 Å². The lowest BCUT2D eigenvalue weighted by molar-refractivity contribution is -0.120. The molecule has 0 bridgehead atoms. The summed E-state index contributed by atoms with van der Waals surface area (Å²) >= 11 is 0. The van der Waals surface area contributed by atoms with Crippen LogP contribution in [0.4, 0.5) is 0 Å². The van der Waals surface area contributed by atoms with Gasteiger partial charge >= 0.3 is 0 Å². The van der Waals surface area contributed by atoms with Gasteiger partial charge in [-0.2, -0.15) is 5.10 Å². The Balaban J connectivity index is 1.81. The Morgan fingerprint density at radius 2 is 1.64 bits per heavy atom. The molecular formula is C22H24N4O2. The van der Waals surface area contributed by atoms with Crippen molar-refractivity contribution in [3.05, 3.63) is 78.0 Å². The molecule has 0 saturated heterocycles. The second-order valence-electron chi connectivity index (χ2n) is 6.47. The van der Waals surface area contributed by atoms with E-state index in [-0.39, 0.29) is 18.4 Å². The third-order valence-corrected chi connectivity index (χ3v) is 4.22. The minimum Gasteiger partial charge on any atom is -0.355 e. The fourth-order valence-corrected chi connectivity index (χ4v) is 2.83. The number of carbonyl (C=O) groups is 2. The summed E-state index contributed by atoms with van der Waals surface area (Å²) < 4.78 is 1.75. The maximum Gasteiger partial charge on any atom is 0.255 e. The van der Waals surface area contributed by atoms with E-state index in [0.717, 1.165) is 17.5 Å². The summed E-state index contributed by atoms with van der Waals surface area (Å²) in [7, 11) is 0. The van der Waals surface area contributed by atoms with Crippen LogP contribution in [-0.2, 0) is 11.3 Å². The molecule has 0 aliphatic carbocycles. The van der Waals surface area contributed by atoms with Crippen molar-refractivity contribution in [1.82, 2.24) is 20.4 Å². The molecule has 0 fully saturated rings. The number of nitrogens with zero attached hydrogens (tertiary/aromatic N) is 2. The van der Waals surface area contributed by atoms with Crippen LogP contribution in [0.2, 0.25) is 0 Å². The molecule has 6 nitrogen and oxygen atoms in total. The fraction of sp³-hybridized carbons (Fsp3) is 0.227. The van der Waals surface area contributed by atoms with E-state index in [4.69, 9.17) is 0 Å². The summed E-state index contributed by atoms with van der Waals surface area (Å²) in [5, 5.41) is 10.1. The van der Waals surface area contributed by atoms with Crippen molar-refractivity contribution >= 4 is 11.8 Å². The molecule has 3 aromatic rings. The predicted molar refractivity (Wildman–Crippen MR) is 109 cm³/mol. The number of hydrogen-bond acceptors (Lipinski definition) is 3. The number of amides is 2. The Bertz CT molecular complexity index is 920. The summed E-state index contributed by atoms with van der Waals surface area (Å²) in [6.45, 7) is 3.08. The molecule has 0 spiro atoms. The lowest BCUT2D eigenvalue weighted by Gasteiger charge is -2.06. The molecule has 1 aromatic heterocycles. The molecule has 0 aliphatic rings. The van der Waals surface area contributed by atoms with Gasteiger partial charge < -0.3 is 10.6 Å². The predicted octanol–water partition coefficient (Wildman–Crippen LogP) is 2.85. The first-order valence-electron chi connectivity index (χ1n) is 9.39. The van der Waals surface area contributed by atoms with Crippen molar-refractivity contribution in [3.8, 4) is 11.3 Å². The Hall–Kier alpha value is -3.41. The minimum atomic E-state index is -0.315. The van der Waals surface area contributed by atoms with Gasteiger partial charge in [-0.25, -0.2) is 0 Å². The maximum atomic E-state index is 12.7. The van der Waals surface area contributed by atoms with Crippen molar-refractivity contribution in [2.45, 2.75) is 19.9 Å². The first-order valence-corrected chi connectivity index (χ1v) is 9.39. The lowest BCUT2D eigenvalue weighted by atomic mass is 10.1. The molecule has 0 radical (unpaired) electrons. The van der Waals surface area contributed by atoms with Crippen molar-refractivity contribution in [2.75, 3.05) is 13.1 Å². The number of aromatic nitrogens is 2. The van der Waals surface area contributed by atoms with Gasteiger partial charge in [-0.05, 0) is 12.0 Å². The molecule has 0 aliphatic heterocycles. The molecule has 0 atom stereocenters. The van der Waals surface area contributed by atoms with E-state index in [2.05, 4.69) is 15.7 Å². The molecular weight excluding hydrogens is 352 g/mol. The summed E-state index contributed by atoms with van der Waals surface area (Å²) in [4.78, 5) is 24.5. The minimum absolute atomic E-state index is 0.0586. The number of nitrogens with one attached hydrogen (secondary N) is 2. The number of benzene rings is 2. The summed E-state index contributed by atoms with van der Waals surface area (Å²) in [6.07, 6.45) is 2.58. The normalized spacial score (nSPS) is 10.5. The van der Waals surface area contributed by atoms with Crippen LogP contribution >= 0.6 is 0 Å². The second-order valence-corrected chi connectivity index (χ2v) is 6.47. The molecule has 2 amide bonds. The van der Waals surface area contributed by atoms with E-state index < -0.39 is 0 Å². The average molecular weight is 376 g/mol. The zero-order valence-corrected chi connectivity index (χ0v) is 15.9. The Morgan fingerprint density at radius 1 is 0.964 bits per heavy atom. The van der Waals surface area contributed by atoms with Gasteiger partial charge in [0.1, 0.15) is 5.69 Å². The van der Waals surface area contributed by atoms with Crippen LogP contribution in [0, 0.1) is 0 Å². The summed E-state index contributed by atoms with van der Waals surface area (Å²) in [5.74, 6) is -0.516. The van der Waals surface area contributed by atoms with Crippen LogP contribution in [-0.4, -0.2) is 34.7 Å². The van der Waals surface area contributed by atoms with E-state index in [1.807, 2.05) is 67.6 Å². The van der Waals surface area contributed by atoms with Gasteiger partial charge in [0.05, 0.1) is 18.7 Å². The van der Waals surface area contributed by atoms with Crippen LogP contribution in [0.3, 0.4) is 0 Å². The number of rotatable bonds is 8. The highest BCUT2D eigenvalue weighted by Crippen LogP contribution is 2.22. The quantitative estimate of drug-likeness (QED) is 0.635. The molecule has 0 saturated carbocycles. The van der Waals surface area contributed by atoms with Crippen molar-refractivity contribution in [1.29, 1.82) is 0 Å². The zero-order valence-electron chi connectivity index (χ0n) is 15.9. The smallest absolute Gasteiger partial charge is 0.255 e. The first kappa shape index (κ1) is 19.4. The Kier molecular flexibility index (Phi) is 6.57. The molecule has 1 heterocycles. The van der Waals surface area contributed by atoms with Crippen molar-refractivity contribution < 1.29 is 9.59 Å². The van der Waals surface area contributed by atoms with Crippen LogP contribution in [0.5, 0.6) is 0 Å². The molecule has 2 N–H and O–H groups in total. The van der Waals surface area contributed by atoms with Gasteiger partial charge in [-0.15, -0.1) is 0 Å². The average Bonchev–Trinajstić information content (AvgIpc) is 3.15. The zero-order chi connectivity index (χ0) is 19.8. The van der Waals surface area contributed by atoms with Gasteiger partial charge in [0.25, 0.3) is 5.91 Å². The molecule has 0 unspecified atom stereocenters. The molecule has 144 valence electrons. The van der Waals surface area contributed by atoms with Crippen LogP contribution in [0.1, 0.15) is 29.3 Å². The molecule has 28 heavy (non-hydrogen) atoms. The Labute approximate surface area is 164 Å². The van der Waals surface area contributed by atoms with E-state index >= 15 is 0 Å². The van der Waals surface area contributed by atoms with Crippen molar-refractivity contribution in [3.63, 3.8) is 0 Å². The first-order chi connectivity index (χ1) is 13.7. The number of hydrogen-bond donors (Lipinski definition) is 2. The number of carbonyl (C=O) groups excluding carboxylic acids is 2. The molecule has 3 rings (SSSR count). The van der Waals surface area contributed by atoms with E-state index in [0.29, 0.717) is 24.3 Å². The van der Waals surface area contributed by atoms with E-state index in [1.165, 1.54) is 0 Å². The van der Waals surface area contributed by atoms with Crippen LogP contribution in [0.25, 0.3) is 11.3 Å². The van der Waals surface area contributed by atoms with E-state index in [1.54, 1.807) is 10.9 Å². The van der Waals surface area contributed by atoms with Gasteiger partial charge in [-0.3, -0.25) is 14.3 Å². The second kappa shape index (κ2) is 9.50. The monoisotopic (exact) mass is 376 g/mol. The third-order valence-electron chi connectivity index (χ3n) is 4.22. The highest BCUT2D eigenvalue weighted by Gasteiger charge is 2.18. The summed E-state index contributed by atoms with van der Waals surface area (Å²) in [6, 6.07) is 19.5. The van der Waals surface area contributed by atoms with Gasteiger partial charge in [0.15, 0.2) is 0 Å². The highest BCUT2D eigenvalue weighted by molar-refractivity contribution is 6.01. The van der Waals surface area contributed by atoms with Gasteiger partial charge in [0.2, 0.25) is 5.91 Å². The van der Waals surface area contributed by atoms with E-state index in [9.17, 15) is 9.59 Å². The topological polar surface area (TPSA) is 76.0 Å². The molecule has 6 heteroatoms. The third kappa shape index (κ3) is 5.07. The van der Waals surface area contributed by atoms with Gasteiger partial charge in [0, 0.05) is 18.3 Å². The van der Waals surface area contributed by atoms with Gasteiger partial charge in [-0.1, -0.05) is 67.6 Å². The lowest BCUT2D eigenvalue weighted by Crippen LogP contribution is -2.37. The fourth-order valence-electron chi connectivity index (χ4n) is 2.83. The summed E-state index contributed by atoms with van der Waals surface area (Å²) in [5.41, 5.74) is 3.00. The largest absolute Gasteiger partial charge is 0.355 e. The highest BCUT2D eigenvalue weighted by atomic mass is 16.2. The SMILES string of the molecule is CCCNC(=O)CNC(=O)c1cn(Cc2ccccc2)nc1-c1ccccc1. The van der Waals surface area contributed by atoms with Crippen molar-refractivity contribution in [2.24, 2.45) is 0 Å². The van der Waals surface area contributed by atoms with Crippen LogP contribution < -0.4 is 10.6 Å². The maximum absolute atomic E-state index is 12.7. The standard InChI is InChI=1S/C22H24N4O2/c1-2-13-23-20(27)14-24-22(28)19-16-26(15-17-9-5-3-6-10-17)25-21(19)18-11-7-4-8-12-18/h3-12,16H,2,13-15H2,1H3,(H,23,27)(H,24,28). The Morgan fingerprint density at radius 3 is 2.32 bits per heavy atom. The molecule has 2 aromatic carbocycles.